The minimum absolute atomic E-state index is 0.0759. The zero-order valence-electron chi connectivity index (χ0n) is 6.96. The normalized spacial score (nSPS) is 11.5. The lowest BCUT2D eigenvalue weighted by atomic mass is 10.2. The highest BCUT2D eigenvalue weighted by atomic mass is 79.9. The Morgan fingerprint density at radius 1 is 1.14 bits per heavy atom. The molecule has 0 spiro atoms. The van der Waals surface area contributed by atoms with Crippen LogP contribution >= 0.6 is 57.1 Å². The average molecular weight is 353 g/mol. The van der Waals surface area contributed by atoms with Gasteiger partial charge in [-0.25, -0.2) is 0 Å². The number of hydrogen-bond donors (Lipinski definition) is 3. The van der Waals surface area contributed by atoms with Gasteiger partial charge in [0.15, 0.2) is 0 Å². The number of fused-ring (bicyclic) bond motifs is 1. The molecular formula is C9H7Br2NS2. The molecule has 0 aliphatic heterocycles. The second-order valence-electron chi connectivity index (χ2n) is 2.95. The number of benzene rings is 1. The van der Waals surface area contributed by atoms with Crippen molar-refractivity contribution in [2.75, 3.05) is 0 Å². The van der Waals surface area contributed by atoms with E-state index in [9.17, 15) is 0 Å². The molecule has 1 aromatic carbocycles. The summed E-state index contributed by atoms with van der Waals surface area (Å²) in [5.41, 5.74) is 2.08. The Morgan fingerprint density at radius 2 is 1.86 bits per heavy atom. The van der Waals surface area contributed by atoms with Crippen LogP contribution in [0.15, 0.2) is 27.1 Å². The predicted octanol–water partition coefficient (Wildman–Crippen LogP) is 4.55. The number of nitrogens with one attached hydrogen (secondary N) is 1. The molecule has 74 valence electrons. The van der Waals surface area contributed by atoms with Crippen molar-refractivity contribution in [3.05, 3.63) is 32.8 Å². The summed E-state index contributed by atoms with van der Waals surface area (Å²) in [6.07, 6.45) is 0. The fraction of sp³-hybridized carbons (Fsp3) is 0.111. The Kier molecular flexibility index (Phi) is 3.21. The third-order valence-corrected chi connectivity index (χ3v) is 3.62. The summed E-state index contributed by atoms with van der Waals surface area (Å²) < 4.78 is 2.03. The van der Waals surface area contributed by atoms with E-state index in [1.807, 2.05) is 12.1 Å². The van der Waals surface area contributed by atoms with Gasteiger partial charge >= 0.3 is 0 Å². The number of halogens is 2. The third-order valence-electron chi connectivity index (χ3n) is 1.95. The van der Waals surface area contributed by atoms with Crippen molar-refractivity contribution in [1.29, 1.82) is 0 Å². The Labute approximate surface area is 110 Å². The minimum atomic E-state index is -0.0759. The average Bonchev–Trinajstić information content (AvgIpc) is 2.47. The summed E-state index contributed by atoms with van der Waals surface area (Å²) in [6, 6.07) is 6.11. The van der Waals surface area contributed by atoms with Gasteiger partial charge in [0.2, 0.25) is 0 Å². The maximum Gasteiger partial charge on any atom is 0.0842 e. The summed E-state index contributed by atoms with van der Waals surface area (Å²) in [5, 5.41) is 1.15. The van der Waals surface area contributed by atoms with Crippen LogP contribution in [0.3, 0.4) is 0 Å². The number of H-pyrrole nitrogens is 1. The molecule has 0 atom stereocenters. The summed E-state index contributed by atoms with van der Waals surface area (Å²) in [7, 11) is 0. The maximum atomic E-state index is 4.26. The second kappa shape index (κ2) is 4.12. The summed E-state index contributed by atoms with van der Waals surface area (Å²) in [5.74, 6) is 0. The first-order chi connectivity index (χ1) is 6.58. The van der Waals surface area contributed by atoms with Gasteiger partial charge in [0.1, 0.15) is 0 Å². The van der Waals surface area contributed by atoms with Crippen LogP contribution in [0.2, 0.25) is 0 Å². The van der Waals surface area contributed by atoms with Crippen molar-refractivity contribution < 1.29 is 0 Å². The molecule has 0 amide bonds. The number of rotatable bonds is 1. The molecule has 5 heteroatoms. The molecule has 14 heavy (non-hydrogen) atoms. The van der Waals surface area contributed by atoms with E-state index in [0.29, 0.717) is 0 Å². The van der Waals surface area contributed by atoms with Crippen LogP contribution in [0.1, 0.15) is 10.3 Å². The van der Waals surface area contributed by atoms with Crippen molar-refractivity contribution >= 4 is 68.0 Å². The predicted molar refractivity (Wildman–Crippen MR) is 74.4 cm³/mol. The lowest BCUT2D eigenvalue weighted by Gasteiger charge is -1.96. The molecule has 0 saturated heterocycles. The van der Waals surface area contributed by atoms with E-state index < -0.39 is 0 Å². The molecule has 1 heterocycles. The van der Waals surface area contributed by atoms with Gasteiger partial charge in [-0.05, 0) is 18.2 Å². The van der Waals surface area contributed by atoms with Crippen LogP contribution in [0.4, 0.5) is 0 Å². The molecule has 1 nitrogen and oxygen atoms in total. The van der Waals surface area contributed by atoms with Gasteiger partial charge in [-0.2, -0.15) is 25.3 Å². The van der Waals surface area contributed by atoms with Gasteiger partial charge in [0.25, 0.3) is 0 Å². The van der Waals surface area contributed by atoms with Crippen LogP contribution in [-0.2, 0) is 0 Å². The first-order valence-electron chi connectivity index (χ1n) is 3.92. The van der Waals surface area contributed by atoms with E-state index in [-0.39, 0.29) is 4.58 Å². The zero-order valence-corrected chi connectivity index (χ0v) is 11.9. The van der Waals surface area contributed by atoms with Crippen LogP contribution in [0, 0.1) is 0 Å². The van der Waals surface area contributed by atoms with E-state index in [0.717, 1.165) is 25.5 Å². The highest BCUT2D eigenvalue weighted by Crippen LogP contribution is 2.32. The van der Waals surface area contributed by atoms with Crippen LogP contribution in [0.25, 0.3) is 10.9 Å². The lowest BCUT2D eigenvalue weighted by molar-refractivity contribution is 1.25. The van der Waals surface area contributed by atoms with Crippen molar-refractivity contribution in [3.63, 3.8) is 0 Å². The molecule has 1 N–H and O–H groups in total. The summed E-state index contributed by atoms with van der Waals surface area (Å²) >= 11 is 15.5. The van der Waals surface area contributed by atoms with Crippen molar-refractivity contribution in [2.24, 2.45) is 0 Å². The molecule has 0 bridgehead atoms. The Bertz CT molecular complexity index is 479. The molecule has 0 radical (unpaired) electrons. The van der Waals surface area contributed by atoms with Gasteiger partial charge in [-0.15, -0.1) is 0 Å². The number of aromatic amines is 1. The molecule has 1 aromatic heterocycles. The molecule has 0 unspecified atom stereocenters. The largest absolute Gasteiger partial charge is 0.357 e. The monoisotopic (exact) mass is 351 g/mol. The molecule has 0 saturated carbocycles. The molecule has 0 aliphatic rings. The fourth-order valence-corrected chi connectivity index (χ4v) is 2.94. The van der Waals surface area contributed by atoms with Gasteiger partial charge in [0.05, 0.1) is 4.58 Å². The highest BCUT2D eigenvalue weighted by molar-refractivity contribution is 9.11. The SMILES string of the molecule is SC(S)c1cc2c(Br)cc(Br)cc2[nH]1. The van der Waals surface area contributed by atoms with E-state index >= 15 is 0 Å². The zero-order chi connectivity index (χ0) is 10.3. The summed E-state index contributed by atoms with van der Waals surface area (Å²) in [6.45, 7) is 0. The molecule has 0 aliphatic carbocycles. The second-order valence-corrected chi connectivity index (χ2v) is 6.16. The topological polar surface area (TPSA) is 15.8 Å². The number of hydrogen-bond acceptors (Lipinski definition) is 2. The van der Waals surface area contributed by atoms with Crippen LogP contribution < -0.4 is 0 Å². The molecule has 2 rings (SSSR count). The third kappa shape index (κ3) is 2.01. The standard InChI is InChI=1S/C9H7Br2NS2/c10-4-1-6(11)5-3-8(9(13)14)12-7(5)2-4/h1-3,9,12-14H. The van der Waals surface area contributed by atoms with E-state index in [1.54, 1.807) is 0 Å². The van der Waals surface area contributed by atoms with Gasteiger partial charge in [-0.1, -0.05) is 31.9 Å². The molecular weight excluding hydrogens is 346 g/mol. The van der Waals surface area contributed by atoms with Crippen molar-refractivity contribution in [2.45, 2.75) is 4.58 Å². The Morgan fingerprint density at radius 3 is 2.50 bits per heavy atom. The van der Waals surface area contributed by atoms with Crippen LogP contribution in [-0.4, -0.2) is 4.98 Å². The van der Waals surface area contributed by atoms with E-state index in [2.05, 4.69) is 68.2 Å². The van der Waals surface area contributed by atoms with Gasteiger partial charge < -0.3 is 4.98 Å². The number of aromatic nitrogens is 1. The Hall–Kier alpha value is 0.420. The van der Waals surface area contributed by atoms with E-state index in [1.165, 1.54) is 0 Å². The van der Waals surface area contributed by atoms with Crippen molar-refractivity contribution in [1.82, 2.24) is 4.98 Å². The maximum absolute atomic E-state index is 4.26. The first-order valence-corrected chi connectivity index (χ1v) is 6.53. The van der Waals surface area contributed by atoms with Gasteiger partial charge in [-0.3, -0.25) is 0 Å². The number of thiol groups is 2. The minimum Gasteiger partial charge on any atom is -0.357 e. The van der Waals surface area contributed by atoms with Crippen LogP contribution in [0.5, 0.6) is 0 Å². The quantitative estimate of drug-likeness (QED) is 0.493. The highest BCUT2D eigenvalue weighted by Gasteiger charge is 2.08. The lowest BCUT2D eigenvalue weighted by Crippen LogP contribution is -1.78. The molecule has 0 fully saturated rings. The molecule has 2 aromatic rings. The van der Waals surface area contributed by atoms with Gasteiger partial charge in [0, 0.05) is 25.5 Å². The summed E-state index contributed by atoms with van der Waals surface area (Å²) in [4.78, 5) is 3.26. The van der Waals surface area contributed by atoms with E-state index in [4.69, 9.17) is 0 Å². The van der Waals surface area contributed by atoms with Crippen molar-refractivity contribution in [3.8, 4) is 0 Å². The first kappa shape index (κ1) is 10.9. The fourth-order valence-electron chi connectivity index (χ4n) is 1.32. The smallest absolute Gasteiger partial charge is 0.0842 e. The Balaban J connectivity index is 2.70.